The number of aromatic nitrogens is 3. The van der Waals surface area contributed by atoms with E-state index in [1.165, 1.54) is 38.3 Å². The first-order valence-electron chi connectivity index (χ1n) is 8.32. The molecule has 0 atom stereocenters. The lowest BCUT2D eigenvalue weighted by atomic mass is 10.1. The van der Waals surface area contributed by atoms with E-state index in [9.17, 15) is 9.90 Å². The second kappa shape index (κ2) is 8.57. The summed E-state index contributed by atoms with van der Waals surface area (Å²) >= 11 is 5.26. The Bertz CT molecular complexity index is 1110. The first-order chi connectivity index (χ1) is 14.0. The lowest BCUT2D eigenvalue weighted by Crippen LogP contribution is -2.23. The van der Waals surface area contributed by atoms with E-state index in [0.29, 0.717) is 34.2 Å². The minimum absolute atomic E-state index is 0.0144. The third-order valence-corrected chi connectivity index (χ3v) is 4.33. The van der Waals surface area contributed by atoms with Gasteiger partial charge in [0, 0.05) is 16.7 Å². The van der Waals surface area contributed by atoms with Crippen LogP contribution in [0.25, 0.3) is 11.4 Å². The van der Waals surface area contributed by atoms with E-state index >= 15 is 0 Å². The maximum absolute atomic E-state index is 11.3. The quantitative estimate of drug-likeness (QED) is 0.465. The molecule has 3 rings (SSSR count). The van der Waals surface area contributed by atoms with E-state index in [2.05, 4.69) is 15.3 Å². The average molecular weight is 413 g/mol. The molecule has 1 aromatic heterocycles. The van der Waals surface area contributed by atoms with E-state index in [1.807, 2.05) is 0 Å². The highest BCUT2D eigenvalue weighted by atomic mass is 32.1. The molecule has 0 bridgehead atoms. The molecule has 9 nitrogen and oxygen atoms in total. The molecule has 1 heterocycles. The Morgan fingerprint density at radius 3 is 2.41 bits per heavy atom. The van der Waals surface area contributed by atoms with Crippen LogP contribution in [0.1, 0.15) is 15.9 Å². The van der Waals surface area contributed by atoms with Gasteiger partial charge in [0.1, 0.15) is 0 Å². The van der Waals surface area contributed by atoms with Crippen molar-refractivity contribution in [2.45, 2.75) is 0 Å². The summed E-state index contributed by atoms with van der Waals surface area (Å²) in [5.74, 6) is 0.386. The number of hydrogen-bond donors (Lipinski definition) is 1. The lowest BCUT2D eigenvalue weighted by molar-refractivity contribution is -0.255. The molecule has 0 saturated carbocycles. The summed E-state index contributed by atoms with van der Waals surface area (Å²) in [7, 11) is 4.52. The highest BCUT2D eigenvalue weighted by molar-refractivity contribution is 7.71. The molecule has 0 aliphatic heterocycles. The highest BCUT2D eigenvalue weighted by Gasteiger charge is 2.17. The predicted molar refractivity (Wildman–Crippen MR) is 106 cm³/mol. The lowest BCUT2D eigenvalue weighted by Gasteiger charge is -2.13. The second-order valence-electron chi connectivity index (χ2n) is 5.70. The Morgan fingerprint density at radius 2 is 1.83 bits per heavy atom. The second-order valence-corrected chi connectivity index (χ2v) is 6.08. The van der Waals surface area contributed by atoms with Gasteiger partial charge in [-0.15, -0.1) is 0 Å². The Labute approximate surface area is 171 Å². The molecule has 10 heteroatoms. The van der Waals surface area contributed by atoms with Gasteiger partial charge in [-0.2, -0.15) is 14.9 Å². The fourth-order valence-electron chi connectivity index (χ4n) is 2.71. The topological polar surface area (TPSA) is 114 Å². The monoisotopic (exact) mass is 413 g/mol. The third kappa shape index (κ3) is 3.97. The summed E-state index contributed by atoms with van der Waals surface area (Å²) in [5.41, 5.74) is 0.976. The summed E-state index contributed by atoms with van der Waals surface area (Å²) in [5, 5.41) is 22.5. The Kier molecular flexibility index (Phi) is 5.93. The molecule has 0 aliphatic carbocycles. The molecule has 0 saturated heterocycles. The van der Waals surface area contributed by atoms with Crippen LogP contribution >= 0.6 is 12.2 Å². The van der Waals surface area contributed by atoms with Crippen molar-refractivity contribution in [2.24, 2.45) is 5.10 Å². The number of carboxylic acids is 1. The van der Waals surface area contributed by atoms with Crippen molar-refractivity contribution in [3.8, 4) is 28.6 Å². The van der Waals surface area contributed by atoms with Crippen LogP contribution in [0.4, 0.5) is 0 Å². The van der Waals surface area contributed by atoms with Gasteiger partial charge in [0.25, 0.3) is 0 Å². The summed E-state index contributed by atoms with van der Waals surface area (Å²) in [6.45, 7) is 0. The van der Waals surface area contributed by atoms with Crippen LogP contribution < -0.4 is 19.3 Å². The number of nitrogens with zero attached hydrogens (tertiary/aromatic N) is 3. The van der Waals surface area contributed by atoms with Gasteiger partial charge in [-0.3, -0.25) is 0 Å². The van der Waals surface area contributed by atoms with Crippen molar-refractivity contribution in [3.05, 3.63) is 52.3 Å². The number of H-pyrrole nitrogens is 1. The highest BCUT2D eigenvalue weighted by Crippen LogP contribution is 2.40. The number of aromatic amines is 1. The fraction of sp³-hybridized carbons (Fsp3) is 0.158. The number of carbonyl (C=O) groups is 1. The number of ether oxygens (including phenoxy) is 3. The number of carboxylic acid groups (broad SMARTS) is 1. The molecule has 29 heavy (non-hydrogen) atoms. The van der Waals surface area contributed by atoms with Gasteiger partial charge in [-0.25, -0.2) is 5.10 Å². The van der Waals surface area contributed by atoms with Gasteiger partial charge < -0.3 is 24.1 Å². The fourth-order valence-corrected chi connectivity index (χ4v) is 2.89. The van der Waals surface area contributed by atoms with Gasteiger partial charge in [0.05, 0.1) is 33.5 Å². The van der Waals surface area contributed by atoms with Crippen LogP contribution in [0.3, 0.4) is 0 Å². The number of rotatable bonds is 7. The number of carbonyl (C=O) groups excluding carboxylic acids is 1. The summed E-state index contributed by atoms with van der Waals surface area (Å²) in [4.78, 5) is 11.3. The first-order valence-corrected chi connectivity index (χ1v) is 8.73. The molecule has 0 unspecified atom stereocenters. The molecule has 2 aromatic carbocycles. The van der Waals surface area contributed by atoms with E-state index in [1.54, 1.807) is 30.3 Å². The summed E-state index contributed by atoms with van der Waals surface area (Å²) < 4.78 is 17.7. The standard InChI is InChI=1S/C19H18N4O5S/c1-26-14-8-12(9-15(27-2)16(14)28-3)17-21-22-19(29)23(17)20-10-11-6-4-5-7-13(11)18(24)25/h4-10H,1-3H3,(H,22,29)(H,24,25)/p-1/b20-10-. The number of methoxy groups -OCH3 is 3. The van der Waals surface area contributed by atoms with Gasteiger partial charge >= 0.3 is 0 Å². The largest absolute Gasteiger partial charge is 0.545 e. The van der Waals surface area contributed by atoms with E-state index in [4.69, 9.17) is 26.4 Å². The number of hydrogen-bond acceptors (Lipinski definition) is 8. The molecule has 0 amide bonds. The number of nitrogens with one attached hydrogen (secondary N) is 1. The van der Waals surface area contributed by atoms with Crippen LogP contribution in [0.2, 0.25) is 0 Å². The van der Waals surface area contributed by atoms with Crippen LogP contribution in [0, 0.1) is 4.77 Å². The minimum Gasteiger partial charge on any atom is -0.545 e. The number of benzene rings is 2. The first kappa shape index (κ1) is 20.1. The Hall–Kier alpha value is -3.66. The molecule has 3 aromatic rings. The van der Waals surface area contributed by atoms with Gasteiger partial charge in [-0.05, 0) is 24.4 Å². The molecule has 0 aliphatic rings. The van der Waals surface area contributed by atoms with E-state index in [-0.39, 0.29) is 10.3 Å². The Balaban J connectivity index is 2.10. The molecule has 0 spiro atoms. The van der Waals surface area contributed by atoms with E-state index < -0.39 is 5.97 Å². The number of aromatic carboxylic acids is 1. The summed E-state index contributed by atoms with van der Waals surface area (Å²) in [6, 6.07) is 9.75. The maximum Gasteiger partial charge on any atom is 0.216 e. The molecule has 1 N–H and O–H groups in total. The van der Waals surface area contributed by atoms with Crippen LogP contribution in [0.15, 0.2) is 41.5 Å². The summed E-state index contributed by atoms with van der Waals surface area (Å²) in [6.07, 6.45) is 1.37. The predicted octanol–water partition coefficient (Wildman–Crippen LogP) is 1.88. The molecule has 0 radical (unpaired) electrons. The minimum atomic E-state index is -1.30. The zero-order valence-corrected chi connectivity index (χ0v) is 16.6. The van der Waals surface area contributed by atoms with Crippen LogP contribution in [-0.4, -0.2) is 48.4 Å². The zero-order chi connectivity index (χ0) is 21.0. The van der Waals surface area contributed by atoms with Gasteiger partial charge in [0.15, 0.2) is 17.3 Å². The normalized spacial score (nSPS) is 10.9. The molecular weight excluding hydrogens is 396 g/mol. The van der Waals surface area contributed by atoms with Crippen LogP contribution in [0.5, 0.6) is 17.2 Å². The van der Waals surface area contributed by atoms with Crippen molar-refractivity contribution >= 4 is 24.4 Å². The van der Waals surface area contributed by atoms with Crippen molar-refractivity contribution in [1.29, 1.82) is 0 Å². The van der Waals surface area contributed by atoms with Crippen LogP contribution in [-0.2, 0) is 0 Å². The average Bonchev–Trinajstić information content (AvgIpc) is 3.11. The van der Waals surface area contributed by atoms with E-state index in [0.717, 1.165) is 0 Å². The van der Waals surface area contributed by atoms with Crippen molar-refractivity contribution < 1.29 is 24.1 Å². The van der Waals surface area contributed by atoms with Gasteiger partial charge in [-0.1, -0.05) is 24.3 Å². The maximum atomic E-state index is 11.3. The van der Waals surface area contributed by atoms with Crippen molar-refractivity contribution in [1.82, 2.24) is 14.9 Å². The smallest absolute Gasteiger partial charge is 0.216 e. The Morgan fingerprint density at radius 1 is 1.17 bits per heavy atom. The molecule has 150 valence electrons. The van der Waals surface area contributed by atoms with Gasteiger partial charge in [0.2, 0.25) is 10.5 Å². The molecule has 0 fully saturated rings. The zero-order valence-electron chi connectivity index (χ0n) is 15.8. The third-order valence-electron chi connectivity index (χ3n) is 4.07. The van der Waals surface area contributed by atoms with Crippen molar-refractivity contribution in [2.75, 3.05) is 21.3 Å². The van der Waals surface area contributed by atoms with Crippen molar-refractivity contribution in [3.63, 3.8) is 0 Å². The SMILES string of the molecule is COc1cc(-c2n[nH]c(=S)n2/N=C\c2ccccc2C(=O)[O-])cc(OC)c1OC. The molecular formula is C19H17N4O5S-.